The van der Waals surface area contributed by atoms with E-state index >= 15 is 0 Å². The monoisotopic (exact) mass is 211 g/mol. The second kappa shape index (κ2) is 5.13. The van der Waals surface area contributed by atoms with Gasteiger partial charge in [-0.15, -0.1) is 0 Å². The van der Waals surface area contributed by atoms with Crippen molar-refractivity contribution in [3.63, 3.8) is 0 Å². The smallest absolute Gasteiger partial charge is 0.364 e. The molecule has 3 heteroatoms. The maximum Gasteiger partial charge on any atom is 1.00 e. The Balaban J connectivity index is 0.000000640. The van der Waals surface area contributed by atoms with Crippen LogP contribution in [0.15, 0.2) is 6.20 Å². The maximum atomic E-state index is 4.08. The van der Waals surface area contributed by atoms with Crippen molar-refractivity contribution in [1.82, 2.24) is 4.98 Å². The number of aromatic nitrogens is 1. The van der Waals surface area contributed by atoms with Crippen LogP contribution in [0, 0.1) is 5.38 Å². The molecule has 0 atom stereocenters. The molecule has 0 spiro atoms. The minimum atomic E-state index is 0. The van der Waals surface area contributed by atoms with E-state index in [-0.39, 0.29) is 58.2 Å². The Kier molecular flexibility index (Phi) is 5.95. The minimum Gasteiger partial charge on any atom is -0.364 e. The summed E-state index contributed by atoms with van der Waals surface area (Å²) in [6.45, 7) is 4.26. The van der Waals surface area contributed by atoms with Crippen LogP contribution in [0.25, 0.3) is 0 Å². The summed E-state index contributed by atoms with van der Waals surface area (Å²) in [4.78, 5) is 4.08. The van der Waals surface area contributed by atoms with Gasteiger partial charge in [0.1, 0.15) is 0 Å². The minimum absolute atomic E-state index is 0. The molecule has 0 saturated heterocycles. The third kappa shape index (κ3) is 3.37. The van der Waals surface area contributed by atoms with Crippen LogP contribution in [0.3, 0.4) is 0 Å². The zero-order valence-electron chi connectivity index (χ0n) is 6.01. The molecule has 0 fully saturated rings. The molecular formula is C6H8NRbS. The van der Waals surface area contributed by atoms with Crippen molar-refractivity contribution in [1.29, 1.82) is 0 Å². The van der Waals surface area contributed by atoms with Crippen LogP contribution >= 0.6 is 11.3 Å². The molecule has 1 nitrogen and oxygen atoms in total. The fourth-order valence-corrected chi connectivity index (χ4v) is 1.04. The van der Waals surface area contributed by atoms with Gasteiger partial charge in [0.15, 0.2) is 0 Å². The molecule has 44 valence electrons. The van der Waals surface area contributed by atoms with Gasteiger partial charge >= 0.3 is 58.2 Å². The summed E-state index contributed by atoms with van der Waals surface area (Å²) in [6.07, 6.45) is 1.72. The zero-order chi connectivity index (χ0) is 5.98. The Morgan fingerprint density at radius 2 is 2.33 bits per heavy atom. The van der Waals surface area contributed by atoms with Crippen LogP contribution in [-0.4, -0.2) is 4.98 Å². The number of hydrogen-bond donors (Lipinski definition) is 0. The van der Waals surface area contributed by atoms with E-state index in [0.29, 0.717) is 5.92 Å². The van der Waals surface area contributed by atoms with Crippen molar-refractivity contribution in [2.24, 2.45) is 0 Å². The van der Waals surface area contributed by atoms with Gasteiger partial charge in [-0.3, -0.25) is 0 Å². The Bertz CT molecular complexity index is 148. The molecule has 1 rings (SSSR count). The second-order valence-electron chi connectivity index (χ2n) is 1.97. The predicted molar refractivity (Wildman–Crippen MR) is 35.0 cm³/mol. The fraction of sp³-hybridized carbons (Fsp3) is 0.500. The van der Waals surface area contributed by atoms with Gasteiger partial charge < -0.3 is 16.3 Å². The van der Waals surface area contributed by atoms with Gasteiger partial charge in [-0.25, -0.2) is 0 Å². The molecule has 0 N–H and O–H groups in total. The third-order valence-corrected chi connectivity index (χ3v) is 1.91. The van der Waals surface area contributed by atoms with Crippen LogP contribution in [0.5, 0.6) is 0 Å². The van der Waals surface area contributed by atoms with Crippen molar-refractivity contribution in [3.8, 4) is 0 Å². The molecule has 0 aliphatic heterocycles. The van der Waals surface area contributed by atoms with Crippen molar-refractivity contribution in [2.75, 3.05) is 0 Å². The van der Waals surface area contributed by atoms with E-state index in [1.807, 2.05) is 0 Å². The molecule has 1 aromatic rings. The van der Waals surface area contributed by atoms with E-state index in [2.05, 4.69) is 24.2 Å². The SMILES string of the molecule is CC(C)c1nc[c-]s1.[Rb+]. The Morgan fingerprint density at radius 1 is 1.67 bits per heavy atom. The first-order valence-corrected chi connectivity index (χ1v) is 3.44. The summed E-state index contributed by atoms with van der Waals surface area (Å²) < 4.78 is 0. The van der Waals surface area contributed by atoms with E-state index in [0.717, 1.165) is 0 Å². The van der Waals surface area contributed by atoms with E-state index in [9.17, 15) is 0 Å². The first-order chi connectivity index (χ1) is 3.80. The summed E-state index contributed by atoms with van der Waals surface area (Å²) in [5.74, 6) is 0.561. The molecule has 0 aromatic carbocycles. The van der Waals surface area contributed by atoms with Gasteiger partial charge in [0.25, 0.3) is 0 Å². The van der Waals surface area contributed by atoms with Crippen LogP contribution in [0.1, 0.15) is 24.8 Å². The van der Waals surface area contributed by atoms with E-state index in [1.54, 1.807) is 17.5 Å². The Morgan fingerprint density at radius 3 is 2.56 bits per heavy atom. The summed E-state index contributed by atoms with van der Waals surface area (Å²) in [5.41, 5.74) is 0. The number of rotatable bonds is 1. The molecule has 1 heterocycles. The molecule has 0 radical (unpaired) electrons. The molecule has 9 heavy (non-hydrogen) atoms. The first kappa shape index (κ1) is 10.4. The van der Waals surface area contributed by atoms with Crippen molar-refractivity contribution in [2.45, 2.75) is 19.8 Å². The summed E-state index contributed by atoms with van der Waals surface area (Å²) in [7, 11) is 0. The number of thiazole rings is 1. The van der Waals surface area contributed by atoms with Gasteiger partial charge in [-0.2, -0.15) is 5.38 Å². The number of nitrogens with zero attached hydrogens (tertiary/aromatic N) is 1. The van der Waals surface area contributed by atoms with Crippen molar-refractivity contribution >= 4 is 11.3 Å². The topological polar surface area (TPSA) is 12.9 Å². The van der Waals surface area contributed by atoms with Crippen molar-refractivity contribution < 1.29 is 58.2 Å². The van der Waals surface area contributed by atoms with E-state index in [4.69, 9.17) is 0 Å². The van der Waals surface area contributed by atoms with E-state index < -0.39 is 0 Å². The first-order valence-electron chi connectivity index (χ1n) is 2.62. The average Bonchev–Trinajstić information content (AvgIpc) is 2.12. The predicted octanol–water partition coefficient (Wildman–Crippen LogP) is -0.929. The van der Waals surface area contributed by atoms with Crippen LogP contribution < -0.4 is 58.2 Å². The third-order valence-electron chi connectivity index (χ3n) is 0.902. The molecule has 0 aliphatic rings. The van der Waals surface area contributed by atoms with Crippen LogP contribution in [0.4, 0.5) is 0 Å². The maximum absolute atomic E-state index is 4.08. The summed E-state index contributed by atoms with van der Waals surface area (Å²) in [5, 5.41) is 4.11. The average molecular weight is 212 g/mol. The quantitative estimate of drug-likeness (QED) is 0.547. The molecule has 0 saturated carbocycles. The largest absolute Gasteiger partial charge is 1.00 e. The summed E-state index contributed by atoms with van der Waals surface area (Å²) in [6, 6.07) is 0. The van der Waals surface area contributed by atoms with Crippen LogP contribution in [-0.2, 0) is 0 Å². The zero-order valence-corrected chi connectivity index (χ0v) is 11.7. The standard InChI is InChI=1S/C6H8NS.Rb/c1-5(2)6-7-3-4-8-6;/h3,5H,1-2H3;/q-1;+1. The summed E-state index contributed by atoms with van der Waals surface area (Å²) >= 11 is 1.59. The molecule has 0 bridgehead atoms. The fourth-order valence-electron chi connectivity index (χ4n) is 0.470. The van der Waals surface area contributed by atoms with Gasteiger partial charge in [0.05, 0.1) is 0 Å². The van der Waals surface area contributed by atoms with Crippen molar-refractivity contribution in [3.05, 3.63) is 16.6 Å². The molecule has 0 aliphatic carbocycles. The molecule has 0 amide bonds. The van der Waals surface area contributed by atoms with Gasteiger partial charge in [0.2, 0.25) is 0 Å². The molecule has 0 unspecified atom stereocenters. The normalized spacial score (nSPS) is 9.22. The van der Waals surface area contributed by atoms with E-state index in [1.165, 1.54) is 5.01 Å². The van der Waals surface area contributed by atoms with Gasteiger partial charge in [-0.05, 0) is 0 Å². The second-order valence-corrected chi connectivity index (χ2v) is 2.83. The molecular weight excluding hydrogens is 204 g/mol. The van der Waals surface area contributed by atoms with Crippen LogP contribution in [0.2, 0.25) is 0 Å². The van der Waals surface area contributed by atoms with Gasteiger partial charge in [0, 0.05) is 0 Å². The Labute approximate surface area is 109 Å². The number of hydrogen-bond acceptors (Lipinski definition) is 2. The Hall–Kier alpha value is 1.44. The molecule has 1 aromatic heterocycles. The van der Waals surface area contributed by atoms with Gasteiger partial charge in [-0.1, -0.05) is 31.0 Å².